The summed E-state index contributed by atoms with van der Waals surface area (Å²) in [6.07, 6.45) is -5.22. The lowest BCUT2D eigenvalue weighted by molar-refractivity contribution is -0.153. The number of allylic oxidation sites excluding steroid dienone is 1. The number of carbonyl (C=O) groups excluding carboxylic acids is 1. The molecule has 1 aromatic rings. The van der Waals surface area contributed by atoms with Gasteiger partial charge in [-0.15, -0.1) is 11.8 Å². The van der Waals surface area contributed by atoms with Gasteiger partial charge in [-0.05, 0) is 38.0 Å². The third-order valence-electron chi connectivity index (χ3n) is 3.76. The van der Waals surface area contributed by atoms with Crippen LogP contribution in [0.3, 0.4) is 0 Å². The van der Waals surface area contributed by atoms with Gasteiger partial charge in [0, 0.05) is 5.56 Å². The maximum Gasteiger partial charge on any atom is 0.403 e. The lowest BCUT2D eigenvalue weighted by Gasteiger charge is -2.26. The van der Waals surface area contributed by atoms with Crippen molar-refractivity contribution in [1.82, 2.24) is 0 Å². The molecule has 0 amide bonds. The van der Waals surface area contributed by atoms with Crippen LogP contribution in [0.2, 0.25) is 0 Å². The Morgan fingerprint density at radius 1 is 1.32 bits per heavy atom. The summed E-state index contributed by atoms with van der Waals surface area (Å²) in [5.74, 6) is -4.03. The average Bonchev–Trinajstić information content (AvgIpc) is 2.89. The van der Waals surface area contributed by atoms with Crippen molar-refractivity contribution < 1.29 is 36.2 Å². The number of hydrogen-bond acceptors (Lipinski definition) is 4. The highest BCUT2D eigenvalue weighted by atomic mass is 32.2. The summed E-state index contributed by atoms with van der Waals surface area (Å²) in [6, 6.07) is 1.87. The van der Waals surface area contributed by atoms with Crippen LogP contribution in [-0.2, 0) is 9.53 Å². The molecule has 0 saturated carbocycles. The molecule has 0 spiro atoms. The topological polar surface area (TPSA) is 35.5 Å². The second kappa shape index (κ2) is 6.86. The number of hydrogen-bond donors (Lipinski definition) is 0. The van der Waals surface area contributed by atoms with Crippen molar-refractivity contribution in [2.45, 2.75) is 31.2 Å². The van der Waals surface area contributed by atoms with Crippen molar-refractivity contribution >= 4 is 23.3 Å². The Hall–Kier alpha value is -1.77. The first-order valence-corrected chi connectivity index (χ1v) is 8.05. The van der Waals surface area contributed by atoms with Crippen LogP contribution >= 0.6 is 11.8 Å². The second-order valence-corrected chi connectivity index (χ2v) is 6.99. The summed E-state index contributed by atoms with van der Waals surface area (Å²) in [5, 5.41) is 0. The standard InChI is InChI=1S/C16H15F5O3S/c1-4-24-14(22)13-9(7-15(2,25-13)16(19,20)21)8-5-6-10(17)11(18)12(8)23-3/h5-6H,4,7H2,1-3H3. The summed E-state index contributed by atoms with van der Waals surface area (Å²) in [6.45, 7) is 2.42. The highest BCUT2D eigenvalue weighted by Crippen LogP contribution is 2.58. The molecule has 2 rings (SSSR count). The van der Waals surface area contributed by atoms with E-state index in [2.05, 4.69) is 0 Å². The molecule has 0 saturated heterocycles. The minimum absolute atomic E-state index is 0.0339. The Bertz CT molecular complexity index is 729. The van der Waals surface area contributed by atoms with Crippen LogP contribution in [0.25, 0.3) is 5.57 Å². The highest BCUT2D eigenvalue weighted by molar-refractivity contribution is 8.05. The number of thioether (sulfide) groups is 1. The molecule has 1 unspecified atom stereocenters. The monoisotopic (exact) mass is 382 g/mol. The largest absolute Gasteiger partial charge is 0.493 e. The first-order valence-electron chi connectivity index (χ1n) is 7.24. The van der Waals surface area contributed by atoms with Gasteiger partial charge in [-0.1, -0.05) is 0 Å². The maximum atomic E-state index is 14.0. The van der Waals surface area contributed by atoms with Crippen molar-refractivity contribution in [3.8, 4) is 5.75 Å². The van der Waals surface area contributed by atoms with Crippen LogP contribution in [0.1, 0.15) is 25.8 Å². The molecular weight excluding hydrogens is 367 g/mol. The molecule has 138 valence electrons. The smallest absolute Gasteiger partial charge is 0.403 e. The summed E-state index contributed by atoms with van der Waals surface area (Å²) >= 11 is 0.308. The van der Waals surface area contributed by atoms with E-state index in [0.717, 1.165) is 26.2 Å². The van der Waals surface area contributed by atoms with Gasteiger partial charge in [-0.25, -0.2) is 9.18 Å². The third kappa shape index (κ3) is 3.47. The van der Waals surface area contributed by atoms with E-state index in [4.69, 9.17) is 9.47 Å². The molecule has 0 fully saturated rings. The predicted molar refractivity (Wildman–Crippen MR) is 83.1 cm³/mol. The molecular formula is C16H15F5O3S. The molecule has 1 heterocycles. The van der Waals surface area contributed by atoms with E-state index in [1.165, 1.54) is 6.92 Å². The SMILES string of the molecule is CCOC(=O)C1=C(c2ccc(F)c(F)c2OC)CC(C)(C(F)(F)F)S1. The molecule has 0 radical (unpaired) electrons. The van der Waals surface area contributed by atoms with Gasteiger partial charge in [0.1, 0.15) is 4.75 Å². The van der Waals surface area contributed by atoms with Crippen LogP contribution < -0.4 is 4.74 Å². The Morgan fingerprint density at radius 3 is 2.48 bits per heavy atom. The summed E-state index contributed by atoms with van der Waals surface area (Å²) in [4.78, 5) is 11.8. The van der Waals surface area contributed by atoms with Crippen molar-refractivity contribution in [3.63, 3.8) is 0 Å². The van der Waals surface area contributed by atoms with Gasteiger partial charge in [0.2, 0.25) is 5.82 Å². The zero-order valence-corrected chi connectivity index (χ0v) is 14.4. The number of ether oxygens (including phenoxy) is 2. The molecule has 1 aromatic carbocycles. The number of rotatable bonds is 4. The van der Waals surface area contributed by atoms with Crippen molar-refractivity contribution in [1.29, 1.82) is 0 Å². The lowest BCUT2D eigenvalue weighted by Crippen LogP contribution is -2.37. The molecule has 1 aliphatic heterocycles. The van der Waals surface area contributed by atoms with E-state index < -0.39 is 40.7 Å². The number of esters is 1. The van der Waals surface area contributed by atoms with Crippen LogP contribution in [0.15, 0.2) is 17.0 Å². The number of halogens is 5. The highest BCUT2D eigenvalue weighted by Gasteiger charge is 2.57. The Labute approximate surface area is 145 Å². The number of carbonyl (C=O) groups is 1. The zero-order valence-electron chi connectivity index (χ0n) is 13.6. The minimum Gasteiger partial charge on any atom is -0.493 e. The minimum atomic E-state index is -4.62. The third-order valence-corrected chi connectivity index (χ3v) is 5.20. The van der Waals surface area contributed by atoms with Gasteiger partial charge in [-0.3, -0.25) is 0 Å². The van der Waals surface area contributed by atoms with Crippen LogP contribution in [0.4, 0.5) is 22.0 Å². The summed E-state index contributed by atoms with van der Waals surface area (Å²) in [5.41, 5.74) is -0.191. The number of methoxy groups -OCH3 is 1. The van der Waals surface area contributed by atoms with Crippen LogP contribution in [0.5, 0.6) is 5.75 Å². The fourth-order valence-corrected chi connectivity index (χ4v) is 3.68. The summed E-state index contributed by atoms with van der Waals surface area (Å²) < 4.78 is 75.0. The van der Waals surface area contributed by atoms with E-state index in [0.29, 0.717) is 11.8 Å². The first-order chi connectivity index (χ1) is 11.6. The molecule has 0 bridgehead atoms. The lowest BCUT2D eigenvalue weighted by atomic mass is 9.93. The normalized spacial score (nSPS) is 20.8. The van der Waals surface area contributed by atoms with E-state index in [9.17, 15) is 26.7 Å². The second-order valence-electron chi connectivity index (χ2n) is 5.48. The van der Waals surface area contributed by atoms with E-state index in [-0.39, 0.29) is 22.6 Å². The Kier molecular flexibility index (Phi) is 5.36. The van der Waals surface area contributed by atoms with E-state index in [1.807, 2.05) is 0 Å². The van der Waals surface area contributed by atoms with E-state index in [1.54, 1.807) is 0 Å². The Balaban J connectivity index is 2.63. The average molecular weight is 382 g/mol. The fourth-order valence-electron chi connectivity index (χ4n) is 2.45. The van der Waals surface area contributed by atoms with E-state index >= 15 is 0 Å². The number of alkyl halides is 3. The van der Waals surface area contributed by atoms with Crippen molar-refractivity contribution in [2.24, 2.45) is 0 Å². The van der Waals surface area contributed by atoms with Crippen molar-refractivity contribution in [3.05, 3.63) is 34.2 Å². The predicted octanol–water partition coefficient (Wildman–Crippen LogP) is 4.71. The van der Waals surface area contributed by atoms with Crippen LogP contribution in [0, 0.1) is 11.6 Å². The molecule has 1 atom stereocenters. The molecule has 0 aromatic heterocycles. The molecule has 0 N–H and O–H groups in total. The van der Waals surface area contributed by atoms with Gasteiger partial charge in [0.05, 0.1) is 18.6 Å². The van der Waals surface area contributed by atoms with Gasteiger partial charge >= 0.3 is 12.1 Å². The number of benzene rings is 1. The van der Waals surface area contributed by atoms with Gasteiger partial charge in [0.15, 0.2) is 11.6 Å². The van der Waals surface area contributed by atoms with Gasteiger partial charge in [0.25, 0.3) is 0 Å². The van der Waals surface area contributed by atoms with Gasteiger partial charge in [-0.2, -0.15) is 17.6 Å². The molecule has 3 nitrogen and oxygen atoms in total. The zero-order chi connectivity index (χ0) is 19.0. The van der Waals surface area contributed by atoms with Crippen molar-refractivity contribution in [2.75, 3.05) is 13.7 Å². The Morgan fingerprint density at radius 2 is 1.96 bits per heavy atom. The van der Waals surface area contributed by atoms with Crippen LogP contribution in [-0.4, -0.2) is 30.6 Å². The molecule has 9 heteroatoms. The van der Waals surface area contributed by atoms with Gasteiger partial charge < -0.3 is 9.47 Å². The quantitative estimate of drug-likeness (QED) is 0.558. The maximum absolute atomic E-state index is 14.0. The molecule has 1 aliphatic rings. The first kappa shape index (κ1) is 19.6. The molecule has 0 aliphatic carbocycles. The molecule has 25 heavy (non-hydrogen) atoms. The summed E-state index contributed by atoms with van der Waals surface area (Å²) in [7, 11) is 1.07. The fraction of sp³-hybridized carbons (Fsp3) is 0.438.